The van der Waals surface area contributed by atoms with Crippen LogP contribution in [0.25, 0.3) is 0 Å². The van der Waals surface area contributed by atoms with Gasteiger partial charge in [-0.25, -0.2) is 0 Å². The van der Waals surface area contributed by atoms with Gasteiger partial charge in [0.1, 0.15) is 0 Å². The summed E-state index contributed by atoms with van der Waals surface area (Å²) < 4.78 is 0. The maximum absolute atomic E-state index is 10.7. The number of carboxylic acids is 2. The van der Waals surface area contributed by atoms with Gasteiger partial charge in [-0.2, -0.15) is 0 Å². The third-order valence-electron chi connectivity index (χ3n) is 2.17. The molecular formula is C15H23NO5. The van der Waals surface area contributed by atoms with E-state index in [-0.39, 0.29) is 18.7 Å². The fourth-order valence-corrected chi connectivity index (χ4v) is 1.16. The van der Waals surface area contributed by atoms with Crippen molar-refractivity contribution in [2.45, 2.75) is 40.0 Å². The maximum atomic E-state index is 10.7. The number of rotatable bonds is 5. The van der Waals surface area contributed by atoms with E-state index in [1.807, 2.05) is 39.0 Å². The topological polar surface area (TPSA) is 118 Å². The molecule has 0 fully saturated rings. The first-order chi connectivity index (χ1) is 9.86. The first kappa shape index (κ1) is 20.9. The Bertz CT molecular complexity index is 443. The second-order valence-electron chi connectivity index (χ2n) is 3.71. The number of nitrogens with two attached hydrogens (primary N) is 1. The molecule has 118 valence electrons. The molecule has 1 amide bonds. The molecule has 1 aromatic carbocycles. The van der Waals surface area contributed by atoms with Crippen molar-refractivity contribution < 1.29 is 24.6 Å². The van der Waals surface area contributed by atoms with E-state index in [1.165, 1.54) is 0 Å². The number of aliphatic carboxylic acids is 2. The summed E-state index contributed by atoms with van der Waals surface area (Å²) in [4.78, 5) is 30.0. The molecule has 6 nitrogen and oxygen atoms in total. The number of hydrogen-bond acceptors (Lipinski definition) is 3. The molecule has 1 aromatic rings. The van der Waals surface area contributed by atoms with Crippen molar-refractivity contribution in [2.75, 3.05) is 0 Å². The van der Waals surface area contributed by atoms with Gasteiger partial charge in [0.25, 0.3) is 0 Å². The van der Waals surface area contributed by atoms with Crippen molar-refractivity contribution in [3.8, 4) is 0 Å². The zero-order valence-corrected chi connectivity index (χ0v) is 12.6. The monoisotopic (exact) mass is 297 g/mol. The van der Waals surface area contributed by atoms with Gasteiger partial charge >= 0.3 is 11.9 Å². The fraction of sp³-hybridized carbons (Fsp3) is 0.400. The zero-order chi connectivity index (χ0) is 16.8. The van der Waals surface area contributed by atoms with E-state index in [1.54, 1.807) is 6.07 Å². The molecule has 0 aromatic heterocycles. The van der Waals surface area contributed by atoms with Crippen LogP contribution in [0.2, 0.25) is 0 Å². The minimum Gasteiger partial charge on any atom is -0.481 e. The van der Waals surface area contributed by atoms with Gasteiger partial charge in [-0.3, -0.25) is 14.4 Å². The van der Waals surface area contributed by atoms with Gasteiger partial charge in [-0.15, -0.1) is 0 Å². The van der Waals surface area contributed by atoms with E-state index in [0.29, 0.717) is 5.56 Å². The van der Waals surface area contributed by atoms with Gasteiger partial charge in [0.2, 0.25) is 5.91 Å². The summed E-state index contributed by atoms with van der Waals surface area (Å²) in [6, 6.07) is 7.37. The molecule has 21 heavy (non-hydrogen) atoms. The molecule has 0 atom stereocenters. The van der Waals surface area contributed by atoms with E-state index in [4.69, 9.17) is 15.9 Å². The van der Waals surface area contributed by atoms with Crippen LogP contribution in [0.1, 0.15) is 49.5 Å². The van der Waals surface area contributed by atoms with Crippen molar-refractivity contribution in [3.63, 3.8) is 0 Å². The molecule has 6 heteroatoms. The molecule has 0 spiro atoms. The quantitative estimate of drug-likeness (QED) is 0.770. The summed E-state index contributed by atoms with van der Waals surface area (Å²) in [5, 5.41) is 15.8. The number of primary amides is 1. The van der Waals surface area contributed by atoms with Crippen molar-refractivity contribution in [1.29, 1.82) is 0 Å². The van der Waals surface area contributed by atoms with Gasteiger partial charge in [0, 0.05) is 5.56 Å². The number of carbonyl (C=O) groups is 3. The summed E-state index contributed by atoms with van der Waals surface area (Å²) in [6.07, 6.45) is 0.339. The minimum atomic E-state index is -1.08. The summed E-state index contributed by atoms with van der Waals surface area (Å²) in [7, 11) is 0. The number of carbonyl (C=O) groups excluding carboxylic acids is 1. The summed E-state index contributed by atoms with van der Waals surface area (Å²) >= 11 is 0. The Morgan fingerprint density at radius 2 is 1.52 bits per heavy atom. The van der Waals surface area contributed by atoms with Gasteiger partial charge in [-0.1, -0.05) is 32.9 Å². The minimum absolute atomic E-state index is 0.296. The Morgan fingerprint density at radius 3 is 1.86 bits per heavy atom. The van der Waals surface area contributed by atoms with E-state index in [9.17, 15) is 14.4 Å². The lowest BCUT2D eigenvalue weighted by atomic mass is 10.1. The number of carboxylic acid groups (broad SMARTS) is 2. The van der Waals surface area contributed by atoms with Gasteiger partial charge in [0.05, 0.1) is 12.8 Å². The highest BCUT2D eigenvalue weighted by Crippen LogP contribution is 2.04. The highest BCUT2D eigenvalue weighted by atomic mass is 16.4. The second-order valence-corrected chi connectivity index (χ2v) is 3.71. The number of amides is 1. The lowest BCUT2D eigenvalue weighted by molar-refractivity contribution is -0.143. The number of hydrogen-bond donors (Lipinski definition) is 3. The lowest BCUT2D eigenvalue weighted by Gasteiger charge is -1.97. The highest BCUT2D eigenvalue weighted by Gasteiger charge is 2.00. The van der Waals surface area contributed by atoms with E-state index in [2.05, 4.69) is 0 Å². The van der Waals surface area contributed by atoms with Gasteiger partial charge in [-0.05, 0) is 24.1 Å². The summed E-state index contributed by atoms with van der Waals surface area (Å²) in [6.45, 7) is 6.04. The Morgan fingerprint density at radius 1 is 1.05 bits per heavy atom. The highest BCUT2D eigenvalue weighted by molar-refractivity contribution is 5.92. The average molecular weight is 297 g/mol. The van der Waals surface area contributed by atoms with Gasteiger partial charge in [0.15, 0.2) is 0 Å². The lowest BCUT2D eigenvalue weighted by Crippen LogP contribution is -2.10. The first-order valence-electron chi connectivity index (χ1n) is 6.69. The first-order valence-corrected chi connectivity index (χ1v) is 6.69. The molecule has 0 bridgehead atoms. The molecule has 0 saturated heterocycles. The Balaban J connectivity index is 0. The largest absolute Gasteiger partial charge is 0.481 e. The van der Waals surface area contributed by atoms with Crippen LogP contribution >= 0.6 is 0 Å². The smallest absolute Gasteiger partial charge is 0.303 e. The molecule has 0 aliphatic heterocycles. The third kappa shape index (κ3) is 12.4. The normalized spacial score (nSPS) is 8.52. The molecule has 0 radical (unpaired) electrons. The SMILES string of the molecule is CC.CCc1cccc(C(N)=O)c1.O=C(O)CCC(=O)O. The van der Waals surface area contributed by atoms with E-state index < -0.39 is 11.9 Å². The maximum Gasteiger partial charge on any atom is 0.303 e. The molecule has 0 aliphatic carbocycles. The second kappa shape index (κ2) is 12.7. The van der Waals surface area contributed by atoms with Crippen LogP contribution in [0.15, 0.2) is 24.3 Å². The predicted octanol–water partition coefficient (Wildman–Crippen LogP) is 2.31. The molecule has 0 saturated carbocycles. The predicted molar refractivity (Wildman–Crippen MR) is 80.2 cm³/mol. The fourth-order valence-electron chi connectivity index (χ4n) is 1.16. The molecular weight excluding hydrogens is 274 g/mol. The summed E-state index contributed by atoms with van der Waals surface area (Å²) in [5.74, 6) is -2.51. The van der Waals surface area contributed by atoms with Crippen LogP contribution in [0, 0.1) is 0 Å². The number of benzene rings is 1. The zero-order valence-electron chi connectivity index (χ0n) is 12.6. The van der Waals surface area contributed by atoms with Crippen LogP contribution in [-0.2, 0) is 16.0 Å². The molecule has 1 rings (SSSR count). The average Bonchev–Trinajstić information content (AvgIpc) is 2.48. The van der Waals surface area contributed by atoms with E-state index in [0.717, 1.165) is 12.0 Å². The van der Waals surface area contributed by atoms with Crippen molar-refractivity contribution in [1.82, 2.24) is 0 Å². The molecule has 4 N–H and O–H groups in total. The van der Waals surface area contributed by atoms with E-state index >= 15 is 0 Å². The number of aryl methyl sites for hydroxylation is 1. The molecule has 0 heterocycles. The molecule has 0 aliphatic rings. The standard InChI is InChI=1S/C9H11NO.C4H6O4.C2H6/c1-2-7-4-3-5-8(6-7)9(10)11;5-3(6)1-2-4(7)8;1-2/h3-6H,2H2,1H3,(H2,10,11);1-2H2,(H,5,6)(H,7,8);1-2H3. The Kier molecular flexibility index (Phi) is 12.6. The van der Waals surface area contributed by atoms with Crippen molar-refractivity contribution in [3.05, 3.63) is 35.4 Å². The van der Waals surface area contributed by atoms with Crippen LogP contribution < -0.4 is 5.73 Å². The van der Waals surface area contributed by atoms with Crippen LogP contribution in [0.3, 0.4) is 0 Å². The van der Waals surface area contributed by atoms with Crippen LogP contribution in [0.5, 0.6) is 0 Å². The van der Waals surface area contributed by atoms with Gasteiger partial charge < -0.3 is 15.9 Å². The summed E-state index contributed by atoms with van der Waals surface area (Å²) in [5.41, 5.74) is 6.83. The molecule has 0 unspecified atom stereocenters. The third-order valence-corrected chi connectivity index (χ3v) is 2.17. The Hall–Kier alpha value is -2.37. The van der Waals surface area contributed by atoms with Crippen molar-refractivity contribution in [2.24, 2.45) is 5.73 Å². The van der Waals surface area contributed by atoms with Crippen LogP contribution in [0.4, 0.5) is 0 Å². The van der Waals surface area contributed by atoms with Crippen molar-refractivity contribution >= 4 is 17.8 Å². The van der Waals surface area contributed by atoms with Crippen LogP contribution in [-0.4, -0.2) is 28.1 Å². The Labute approximate surface area is 124 Å².